The molecule has 17 heavy (non-hydrogen) atoms. The summed E-state index contributed by atoms with van der Waals surface area (Å²) in [4.78, 5) is 23.2. The van der Waals surface area contributed by atoms with Gasteiger partial charge in [-0.3, -0.25) is 9.59 Å². The molecule has 0 aromatic heterocycles. The zero-order valence-electron chi connectivity index (χ0n) is 9.93. The average molecular weight is 235 g/mol. The standard InChI is InChI=1S/C13H17NO3/c1-14(12(15)10-13(16)17)9-5-8-11-6-3-2-4-7-11/h2-4,6-7H,5,8-10H2,1H3,(H,16,17). The van der Waals surface area contributed by atoms with Gasteiger partial charge >= 0.3 is 5.97 Å². The molecular weight excluding hydrogens is 218 g/mol. The number of carbonyl (C=O) groups excluding carboxylic acids is 1. The Hall–Kier alpha value is -1.84. The highest BCUT2D eigenvalue weighted by Crippen LogP contribution is 2.03. The van der Waals surface area contributed by atoms with Crippen molar-refractivity contribution < 1.29 is 14.7 Å². The molecule has 0 spiro atoms. The van der Waals surface area contributed by atoms with Crippen LogP contribution >= 0.6 is 0 Å². The second-order valence-electron chi connectivity index (χ2n) is 3.97. The van der Waals surface area contributed by atoms with E-state index in [1.165, 1.54) is 10.5 Å². The molecule has 0 aliphatic heterocycles. The molecule has 0 saturated heterocycles. The number of nitrogens with zero attached hydrogens (tertiary/aromatic N) is 1. The third-order valence-corrected chi connectivity index (χ3v) is 2.53. The summed E-state index contributed by atoms with van der Waals surface area (Å²) in [5.41, 5.74) is 1.23. The van der Waals surface area contributed by atoms with Crippen LogP contribution in [0.2, 0.25) is 0 Å². The maximum Gasteiger partial charge on any atom is 0.312 e. The monoisotopic (exact) mass is 235 g/mol. The van der Waals surface area contributed by atoms with Gasteiger partial charge in [-0.05, 0) is 18.4 Å². The van der Waals surface area contributed by atoms with E-state index in [1.807, 2.05) is 30.3 Å². The molecule has 1 aromatic rings. The predicted octanol–water partition coefficient (Wildman–Crippen LogP) is 1.55. The summed E-state index contributed by atoms with van der Waals surface area (Å²) >= 11 is 0. The second-order valence-corrected chi connectivity index (χ2v) is 3.97. The minimum Gasteiger partial charge on any atom is -0.481 e. The van der Waals surface area contributed by atoms with Gasteiger partial charge in [-0.2, -0.15) is 0 Å². The fourth-order valence-corrected chi connectivity index (χ4v) is 1.55. The average Bonchev–Trinajstić information content (AvgIpc) is 2.29. The van der Waals surface area contributed by atoms with Crippen LogP contribution in [0.5, 0.6) is 0 Å². The Morgan fingerprint density at radius 2 is 1.88 bits per heavy atom. The van der Waals surface area contributed by atoms with Gasteiger partial charge in [0.15, 0.2) is 0 Å². The molecule has 0 aliphatic rings. The zero-order valence-corrected chi connectivity index (χ0v) is 9.93. The predicted molar refractivity (Wildman–Crippen MR) is 64.7 cm³/mol. The van der Waals surface area contributed by atoms with Gasteiger partial charge in [0, 0.05) is 13.6 Å². The van der Waals surface area contributed by atoms with Crippen molar-refractivity contribution in [3.8, 4) is 0 Å². The van der Waals surface area contributed by atoms with E-state index in [9.17, 15) is 9.59 Å². The van der Waals surface area contributed by atoms with E-state index < -0.39 is 12.4 Å². The Morgan fingerprint density at radius 1 is 1.24 bits per heavy atom. The third kappa shape index (κ3) is 5.15. The van der Waals surface area contributed by atoms with E-state index in [2.05, 4.69) is 0 Å². The van der Waals surface area contributed by atoms with Crippen molar-refractivity contribution in [3.63, 3.8) is 0 Å². The first-order valence-electron chi connectivity index (χ1n) is 5.59. The number of amides is 1. The van der Waals surface area contributed by atoms with Crippen molar-refractivity contribution in [2.45, 2.75) is 19.3 Å². The number of carboxylic acids is 1. The van der Waals surface area contributed by atoms with Gasteiger partial charge in [0.05, 0.1) is 0 Å². The first-order chi connectivity index (χ1) is 8.09. The van der Waals surface area contributed by atoms with Gasteiger partial charge in [0.25, 0.3) is 0 Å². The topological polar surface area (TPSA) is 57.6 Å². The normalized spacial score (nSPS) is 9.94. The number of carboxylic acid groups (broad SMARTS) is 1. The summed E-state index contributed by atoms with van der Waals surface area (Å²) in [6.07, 6.45) is 1.30. The SMILES string of the molecule is CN(CCCc1ccccc1)C(=O)CC(=O)O. The molecule has 4 heteroatoms. The molecular formula is C13H17NO3. The lowest BCUT2D eigenvalue weighted by molar-refractivity contribution is -0.143. The van der Waals surface area contributed by atoms with Crippen LogP contribution in [-0.2, 0) is 16.0 Å². The Labute approximate surface area is 101 Å². The van der Waals surface area contributed by atoms with Crippen molar-refractivity contribution in [3.05, 3.63) is 35.9 Å². The van der Waals surface area contributed by atoms with Crippen LogP contribution < -0.4 is 0 Å². The van der Waals surface area contributed by atoms with E-state index in [-0.39, 0.29) is 5.91 Å². The largest absolute Gasteiger partial charge is 0.481 e. The Bertz CT molecular complexity index is 376. The van der Waals surface area contributed by atoms with Crippen LogP contribution in [0.3, 0.4) is 0 Å². The molecule has 4 nitrogen and oxygen atoms in total. The molecule has 0 heterocycles. The summed E-state index contributed by atoms with van der Waals surface area (Å²) in [5.74, 6) is -1.42. The summed E-state index contributed by atoms with van der Waals surface area (Å²) in [6, 6.07) is 10.0. The minimum atomic E-state index is -1.08. The van der Waals surface area contributed by atoms with E-state index >= 15 is 0 Å². The highest BCUT2D eigenvalue weighted by atomic mass is 16.4. The molecule has 0 radical (unpaired) electrons. The van der Waals surface area contributed by atoms with Crippen LogP contribution in [0, 0.1) is 0 Å². The first kappa shape index (κ1) is 13.2. The Balaban J connectivity index is 2.27. The van der Waals surface area contributed by atoms with Crippen LogP contribution in [0.15, 0.2) is 30.3 Å². The molecule has 1 N–H and O–H groups in total. The van der Waals surface area contributed by atoms with Crippen molar-refractivity contribution >= 4 is 11.9 Å². The maximum absolute atomic E-state index is 11.3. The van der Waals surface area contributed by atoms with Gasteiger partial charge in [-0.15, -0.1) is 0 Å². The first-order valence-corrected chi connectivity index (χ1v) is 5.59. The van der Waals surface area contributed by atoms with Crippen molar-refractivity contribution in [2.75, 3.05) is 13.6 Å². The molecule has 0 saturated carbocycles. The zero-order chi connectivity index (χ0) is 12.7. The summed E-state index contributed by atoms with van der Waals surface area (Å²) < 4.78 is 0. The lowest BCUT2D eigenvalue weighted by Crippen LogP contribution is -2.29. The fraction of sp³-hybridized carbons (Fsp3) is 0.385. The number of benzene rings is 1. The van der Waals surface area contributed by atoms with E-state index in [0.717, 1.165) is 12.8 Å². The summed E-state index contributed by atoms with van der Waals surface area (Å²) in [5, 5.41) is 8.49. The number of aliphatic carboxylic acids is 1. The van der Waals surface area contributed by atoms with Gasteiger partial charge in [0.1, 0.15) is 6.42 Å². The highest BCUT2D eigenvalue weighted by molar-refractivity contribution is 5.93. The van der Waals surface area contributed by atoms with Crippen molar-refractivity contribution in [1.82, 2.24) is 4.90 Å². The van der Waals surface area contributed by atoms with Crippen molar-refractivity contribution in [1.29, 1.82) is 0 Å². The second kappa shape index (κ2) is 6.68. The smallest absolute Gasteiger partial charge is 0.312 e. The van der Waals surface area contributed by atoms with Gasteiger partial charge in [-0.1, -0.05) is 30.3 Å². The maximum atomic E-state index is 11.3. The van der Waals surface area contributed by atoms with Crippen LogP contribution in [0.25, 0.3) is 0 Å². The van der Waals surface area contributed by atoms with Gasteiger partial charge in [-0.25, -0.2) is 0 Å². The van der Waals surface area contributed by atoms with Gasteiger partial charge < -0.3 is 10.0 Å². The lowest BCUT2D eigenvalue weighted by Gasteiger charge is -2.15. The van der Waals surface area contributed by atoms with Crippen LogP contribution in [0.1, 0.15) is 18.4 Å². The number of rotatable bonds is 6. The molecule has 0 atom stereocenters. The lowest BCUT2D eigenvalue weighted by atomic mass is 10.1. The molecule has 1 aromatic carbocycles. The molecule has 1 rings (SSSR count). The molecule has 0 unspecified atom stereocenters. The summed E-state index contributed by atoms with van der Waals surface area (Å²) in [6.45, 7) is 0.584. The molecule has 1 amide bonds. The Morgan fingerprint density at radius 3 is 2.47 bits per heavy atom. The minimum absolute atomic E-state index is 0.342. The molecule has 0 fully saturated rings. The van der Waals surface area contributed by atoms with E-state index in [0.29, 0.717) is 6.54 Å². The van der Waals surface area contributed by atoms with E-state index in [1.54, 1.807) is 7.05 Å². The number of carbonyl (C=O) groups is 2. The summed E-state index contributed by atoms with van der Waals surface area (Å²) in [7, 11) is 1.64. The van der Waals surface area contributed by atoms with Crippen LogP contribution in [-0.4, -0.2) is 35.5 Å². The number of aryl methyl sites for hydroxylation is 1. The van der Waals surface area contributed by atoms with Crippen molar-refractivity contribution in [2.24, 2.45) is 0 Å². The number of hydrogen-bond donors (Lipinski definition) is 1. The van der Waals surface area contributed by atoms with Crippen LogP contribution in [0.4, 0.5) is 0 Å². The molecule has 92 valence electrons. The highest BCUT2D eigenvalue weighted by Gasteiger charge is 2.12. The molecule has 0 bridgehead atoms. The quantitative estimate of drug-likeness (QED) is 0.761. The van der Waals surface area contributed by atoms with Gasteiger partial charge in [0.2, 0.25) is 5.91 Å². The van der Waals surface area contributed by atoms with E-state index in [4.69, 9.17) is 5.11 Å². The fourth-order valence-electron chi connectivity index (χ4n) is 1.55. The Kier molecular flexibility index (Phi) is 5.20. The number of hydrogen-bond acceptors (Lipinski definition) is 2. The third-order valence-electron chi connectivity index (χ3n) is 2.53. The molecule has 0 aliphatic carbocycles.